The summed E-state index contributed by atoms with van der Waals surface area (Å²) in [5.74, 6) is -1.43. The van der Waals surface area contributed by atoms with Crippen LogP contribution in [0.2, 0.25) is 0 Å². The number of carboxylic acid groups (broad SMARTS) is 1. The van der Waals surface area contributed by atoms with Gasteiger partial charge < -0.3 is 20.5 Å². The molecule has 4 rings (SSSR count). The number of ether oxygens (including phenoxy) is 1. The van der Waals surface area contributed by atoms with E-state index in [9.17, 15) is 14.4 Å². The minimum atomic E-state index is -1.07. The number of carbonyl (C=O) groups excluding carboxylic acids is 2. The number of hydrogen-bond donors (Lipinski definition) is 3. The van der Waals surface area contributed by atoms with Gasteiger partial charge in [0, 0.05) is 24.1 Å². The fraction of sp³-hybridized carbons (Fsp3) is 0.222. The highest BCUT2D eigenvalue weighted by molar-refractivity contribution is 5.94. The van der Waals surface area contributed by atoms with E-state index in [1.165, 1.54) is 12.1 Å². The third-order valence-electron chi connectivity index (χ3n) is 5.98. The summed E-state index contributed by atoms with van der Waals surface area (Å²) < 4.78 is 5.57. The van der Waals surface area contributed by atoms with Crippen LogP contribution < -0.4 is 10.6 Å². The van der Waals surface area contributed by atoms with Gasteiger partial charge in [-0.25, -0.2) is 9.59 Å². The third-order valence-corrected chi connectivity index (χ3v) is 5.98. The van der Waals surface area contributed by atoms with Crippen molar-refractivity contribution < 1.29 is 24.2 Å². The van der Waals surface area contributed by atoms with Crippen LogP contribution >= 0.6 is 0 Å². The van der Waals surface area contributed by atoms with Gasteiger partial charge in [0.1, 0.15) is 6.61 Å². The Morgan fingerprint density at radius 1 is 0.941 bits per heavy atom. The number of carbonyl (C=O) groups is 3. The Morgan fingerprint density at radius 2 is 1.59 bits per heavy atom. The fourth-order valence-corrected chi connectivity index (χ4v) is 4.27. The number of anilines is 1. The zero-order valence-electron chi connectivity index (χ0n) is 18.8. The number of benzene rings is 3. The molecule has 0 aliphatic heterocycles. The van der Waals surface area contributed by atoms with Crippen molar-refractivity contribution in [3.05, 3.63) is 89.5 Å². The molecule has 0 fully saturated rings. The van der Waals surface area contributed by atoms with Crippen molar-refractivity contribution in [1.29, 1.82) is 0 Å². The first-order chi connectivity index (χ1) is 16.5. The summed E-state index contributed by atoms with van der Waals surface area (Å²) in [6.07, 6.45) is -0.000460. The second-order valence-corrected chi connectivity index (χ2v) is 8.21. The second-order valence-electron chi connectivity index (χ2n) is 8.21. The molecule has 0 heterocycles. The van der Waals surface area contributed by atoms with Crippen LogP contribution in [0, 0.1) is 0 Å². The van der Waals surface area contributed by atoms with Crippen LogP contribution in [0.4, 0.5) is 10.5 Å². The van der Waals surface area contributed by atoms with E-state index in [0.29, 0.717) is 12.1 Å². The maximum atomic E-state index is 12.5. The molecule has 3 N–H and O–H groups in total. The van der Waals surface area contributed by atoms with Crippen molar-refractivity contribution in [2.45, 2.75) is 31.7 Å². The van der Waals surface area contributed by atoms with Crippen molar-refractivity contribution in [2.24, 2.45) is 0 Å². The van der Waals surface area contributed by atoms with E-state index in [1.807, 2.05) is 31.2 Å². The summed E-state index contributed by atoms with van der Waals surface area (Å²) in [4.78, 5) is 36.1. The van der Waals surface area contributed by atoms with Gasteiger partial charge in [0.25, 0.3) is 0 Å². The van der Waals surface area contributed by atoms with Crippen LogP contribution in [-0.2, 0) is 9.53 Å². The lowest BCUT2D eigenvalue weighted by atomic mass is 9.98. The summed E-state index contributed by atoms with van der Waals surface area (Å²) in [7, 11) is 0. The molecule has 0 saturated carbocycles. The molecule has 0 saturated heterocycles. The Labute approximate surface area is 197 Å². The largest absolute Gasteiger partial charge is 0.478 e. The van der Waals surface area contributed by atoms with Gasteiger partial charge in [0.05, 0.1) is 5.56 Å². The molecular weight excluding hydrogens is 432 g/mol. The van der Waals surface area contributed by atoms with E-state index >= 15 is 0 Å². The molecule has 1 aliphatic rings. The van der Waals surface area contributed by atoms with Gasteiger partial charge in [-0.2, -0.15) is 0 Å². The quantitative estimate of drug-likeness (QED) is 0.439. The number of aromatic carboxylic acids is 1. The number of fused-ring (bicyclic) bond motifs is 3. The number of carboxylic acids is 1. The van der Waals surface area contributed by atoms with E-state index in [-0.39, 0.29) is 30.4 Å². The van der Waals surface area contributed by atoms with Gasteiger partial charge in [0.15, 0.2) is 0 Å². The monoisotopic (exact) mass is 458 g/mol. The molecule has 3 aromatic carbocycles. The Bertz CT molecular complexity index is 1180. The van der Waals surface area contributed by atoms with Crippen LogP contribution in [-0.4, -0.2) is 35.7 Å². The molecule has 0 aromatic heterocycles. The van der Waals surface area contributed by atoms with Gasteiger partial charge >= 0.3 is 12.1 Å². The van der Waals surface area contributed by atoms with E-state index in [1.54, 1.807) is 12.1 Å². The Kier molecular flexibility index (Phi) is 6.92. The number of alkyl carbamates (subject to hydrolysis) is 1. The molecule has 1 aliphatic carbocycles. The molecule has 1 atom stereocenters. The molecule has 0 radical (unpaired) electrons. The lowest BCUT2D eigenvalue weighted by Crippen LogP contribution is -2.38. The first-order valence-electron chi connectivity index (χ1n) is 11.2. The molecule has 0 spiro atoms. The number of rotatable bonds is 8. The maximum Gasteiger partial charge on any atom is 0.407 e. The van der Waals surface area contributed by atoms with Crippen molar-refractivity contribution in [1.82, 2.24) is 5.32 Å². The van der Waals surface area contributed by atoms with E-state index in [2.05, 4.69) is 34.9 Å². The highest BCUT2D eigenvalue weighted by Crippen LogP contribution is 2.44. The van der Waals surface area contributed by atoms with Crippen LogP contribution in [0.1, 0.15) is 47.2 Å². The van der Waals surface area contributed by atoms with Crippen LogP contribution in [0.3, 0.4) is 0 Å². The number of hydrogen-bond acceptors (Lipinski definition) is 4. The normalized spacial score (nSPS) is 12.9. The Morgan fingerprint density at radius 3 is 2.21 bits per heavy atom. The maximum absolute atomic E-state index is 12.5. The van der Waals surface area contributed by atoms with Gasteiger partial charge in [0.2, 0.25) is 5.91 Å². The predicted molar refractivity (Wildman–Crippen MR) is 129 cm³/mol. The van der Waals surface area contributed by atoms with E-state index in [0.717, 1.165) is 22.3 Å². The molecule has 7 heteroatoms. The molecule has 0 unspecified atom stereocenters. The van der Waals surface area contributed by atoms with Crippen molar-refractivity contribution >= 4 is 23.7 Å². The van der Waals surface area contributed by atoms with E-state index < -0.39 is 18.1 Å². The summed E-state index contributed by atoms with van der Waals surface area (Å²) in [5.41, 5.74) is 5.05. The second kappa shape index (κ2) is 10.2. The highest BCUT2D eigenvalue weighted by atomic mass is 16.5. The van der Waals surface area contributed by atoms with Gasteiger partial charge in [-0.1, -0.05) is 61.5 Å². The Hall–Kier alpha value is -4.13. The highest BCUT2D eigenvalue weighted by Gasteiger charge is 2.29. The standard InChI is InChI=1S/C27H26N2O5/c1-2-18(15-25(30)28-19-9-7-8-17(14-19)26(31)32)29-27(33)34-16-24-22-12-5-3-10-20(22)21-11-4-6-13-23(21)24/h3-14,18,24H,2,15-16H2,1H3,(H,28,30)(H,29,33)(H,31,32)/t18-/m0/s1. The summed E-state index contributed by atoms with van der Waals surface area (Å²) in [6, 6.07) is 21.8. The zero-order chi connectivity index (χ0) is 24.1. The summed E-state index contributed by atoms with van der Waals surface area (Å²) in [5, 5.41) is 14.5. The van der Waals surface area contributed by atoms with Crippen molar-refractivity contribution in [2.75, 3.05) is 11.9 Å². The number of amides is 2. The topological polar surface area (TPSA) is 105 Å². The molecule has 2 amide bonds. The average Bonchev–Trinajstić information content (AvgIpc) is 3.16. The lowest BCUT2D eigenvalue weighted by molar-refractivity contribution is -0.116. The predicted octanol–water partition coefficient (Wildman–Crippen LogP) is 5.03. The van der Waals surface area contributed by atoms with Gasteiger partial charge in [-0.15, -0.1) is 0 Å². The van der Waals surface area contributed by atoms with Crippen LogP contribution in [0.15, 0.2) is 72.8 Å². The van der Waals surface area contributed by atoms with Gasteiger partial charge in [-0.05, 0) is 46.9 Å². The van der Waals surface area contributed by atoms with Crippen molar-refractivity contribution in [3.8, 4) is 11.1 Å². The first-order valence-corrected chi connectivity index (χ1v) is 11.2. The van der Waals surface area contributed by atoms with E-state index in [4.69, 9.17) is 9.84 Å². The molecule has 3 aromatic rings. The third kappa shape index (κ3) is 5.09. The van der Waals surface area contributed by atoms with Gasteiger partial charge in [-0.3, -0.25) is 4.79 Å². The molecule has 174 valence electrons. The zero-order valence-corrected chi connectivity index (χ0v) is 18.8. The Balaban J connectivity index is 1.33. The molecule has 7 nitrogen and oxygen atoms in total. The summed E-state index contributed by atoms with van der Waals surface area (Å²) in [6.45, 7) is 2.07. The summed E-state index contributed by atoms with van der Waals surface area (Å²) >= 11 is 0. The first kappa shape index (κ1) is 23.0. The number of nitrogens with one attached hydrogen (secondary N) is 2. The minimum Gasteiger partial charge on any atom is -0.478 e. The van der Waals surface area contributed by atoms with Crippen molar-refractivity contribution in [3.63, 3.8) is 0 Å². The molecular formula is C27H26N2O5. The fourth-order valence-electron chi connectivity index (χ4n) is 4.27. The molecule has 0 bridgehead atoms. The SMILES string of the molecule is CC[C@@H](CC(=O)Nc1cccc(C(=O)O)c1)NC(=O)OCC1c2ccccc2-c2ccccc21. The minimum absolute atomic E-state index is 0.0389. The lowest BCUT2D eigenvalue weighted by Gasteiger charge is -2.19. The smallest absolute Gasteiger partial charge is 0.407 e. The van der Waals surface area contributed by atoms with Crippen LogP contribution in [0.5, 0.6) is 0 Å². The average molecular weight is 459 g/mol. The van der Waals surface area contributed by atoms with Crippen LogP contribution in [0.25, 0.3) is 11.1 Å². The molecule has 34 heavy (non-hydrogen) atoms.